The summed E-state index contributed by atoms with van der Waals surface area (Å²) in [4.78, 5) is 2.44. The molecule has 2 aliphatic rings. The Kier molecular flexibility index (Phi) is 4.58. The molecule has 1 heterocycles. The van der Waals surface area contributed by atoms with Crippen LogP contribution in [0, 0.1) is 5.92 Å². The average molecular weight is 227 g/mol. The number of ether oxygens (including phenoxy) is 1. The summed E-state index contributed by atoms with van der Waals surface area (Å²) in [5, 5.41) is 0. The normalized spacial score (nSPS) is 29.2. The second-order valence-corrected chi connectivity index (χ2v) is 5.10. The van der Waals surface area contributed by atoms with Crippen molar-refractivity contribution in [3.63, 3.8) is 0 Å². The van der Waals surface area contributed by atoms with E-state index in [0.29, 0.717) is 6.04 Å². The van der Waals surface area contributed by atoms with Crippen LogP contribution in [0.2, 0.25) is 0 Å². The van der Waals surface area contributed by atoms with Crippen LogP contribution in [0.1, 0.15) is 32.6 Å². The molecule has 0 aromatic heterocycles. The van der Waals surface area contributed by atoms with Gasteiger partial charge in [0.15, 0.2) is 0 Å². The maximum Gasteiger partial charge on any atom is 0.0868 e. The number of hydrazine groups is 1. The van der Waals surface area contributed by atoms with Crippen molar-refractivity contribution in [1.29, 1.82) is 0 Å². The molecule has 0 radical (unpaired) electrons. The first-order valence-electron chi connectivity index (χ1n) is 6.63. The lowest BCUT2D eigenvalue weighted by molar-refractivity contribution is -0.0466. The molecular formula is C12H25N3O. The molecule has 1 saturated carbocycles. The Labute approximate surface area is 98.5 Å². The summed E-state index contributed by atoms with van der Waals surface area (Å²) in [6.07, 6.45) is 5.58. The predicted molar refractivity (Wildman–Crippen MR) is 64.9 cm³/mol. The van der Waals surface area contributed by atoms with Crippen LogP contribution in [0.15, 0.2) is 0 Å². The SMILES string of the molecule is CCN1CCOC(C(CCC2CC2)NN)C1. The Hall–Kier alpha value is -0.160. The Bertz CT molecular complexity index is 208. The molecule has 0 amide bonds. The summed E-state index contributed by atoms with van der Waals surface area (Å²) in [6, 6.07) is 0.329. The highest BCUT2D eigenvalue weighted by atomic mass is 16.5. The molecule has 0 spiro atoms. The fraction of sp³-hybridized carbons (Fsp3) is 1.00. The van der Waals surface area contributed by atoms with E-state index < -0.39 is 0 Å². The van der Waals surface area contributed by atoms with Crippen molar-refractivity contribution in [3.8, 4) is 0 Å². The van der Waals surface area contributed by atoms with Crippen LogP contribution < -0.4 is 11.3 Å². The molecule has 0 aromatic rings. The molecule has 2 atom stereocenters. The van der Waals surface area contributed by atoms with Gasteiger partial charge in [-0.25, -0.2) is 0 Å². The minimum Gasteiger partial charge on any atom is -0.374 e. The number of likely N-dealkylation sites (N-methyl/N-ethyl adjacent to an activating group) is 1. The van der Waals surface area contributed by atoms with Crippen LogP contribution in [0.5, 0.6) is 0 Å². The van der Waals surface area contributed by atoms with Crippen LogP contribution in [0.4, 0.5) is 0 Å². The quantitative estimate of drug-likeness (QED) is 0.519. The van der Waals surface area contributed by atoms with E-state index in [-0.39, 0.29) is 6.10 Å². The highest BCUT2D eigenvalue weighted by Crippen LogP contribution is 2.34. The van der Waals surface area contributed by atoms with Gasteiger partial charge in [-0.05, 0) is 25.3 Å². The molecule has 1 saturated heterocycles. The van der Waals surface area contributed by atoms with Gasteiger partial charge in [-0.1, -0.05) is 19.8 Å². The fourth-order valence-corrected chi connectivity index (χ4v) is 2.46. The van der Waals surface area contributed by atoms with Gasteiger partial charge in [-0.15, -0.1) is 0 Å². The van der Waals surface area contributed by atoms with Crippen molar-refractivity contribution in [1.82, 2.24) is 10.3 Å². The molecule has 1 aliphatic carbocycles. The summed E-state index contributed by atoms with van der Waals surface area (Å²) < 4.78 is 5.83. The smallest absolute Gasteiger partial charge is 0.0868 e. The Morgan fingerprint density at radius 2 is 2.31 bits per heavy atom. The first-order valence-corrected chi connectivity index (χ1v) is 6.63. The summed E-state index contributed by atoms with van der Waals surface area (Å²) in [5.74, 6) is 6.62. The number of nitrogens with one attached hydrogen (secondary N) is 1. The van der Waals surface area contributed by atoms with Crippen molar-refractivity contribution in [2.75, 3.05) is 26.2 Å². The molecule has 4 nitrogen and oxygen atoms in total. The van der Waals surface area contributed by atoms with Crippen molar-refractivity contribution >= 4 is 0 Å². The Morgan fingerprint density at radius 1 is 1.50 bits per heavy atom. The fourth-order valence-electron chi connectivity index (χ4n) is 2.46. The number of hydrogen-bond donors (Lipinski definition) is 2. The largest absolute Gasteiger partial charge is 0.374 e. The lowest BCUT2D eigenvalue weighted by atomic mass is 10.0. The third kappa shape index (κ3) is 3.42. The molecule has 0 aromatic carbocycles. The molecule has 94 valence electrons. The monoisotopic (exact) mass is 227 g/mol. The van der Waals surface area contributed by atoms with Crippen molar-refractivity contribution in [2.45, 2.75) is 44.8 Å². The van der Waals surface area contributed by atoms with Gasteiger partial charge in [0.05, 0.1) is 12.7 Å². The van der Waals surface area contributed by atoms with E-state index >= 15 is 0 Å². The van der Waals surface area contributed by atoms with E-state index in [1.165, 1.54) is 19.3 Å². The van der Waals surface area contributed by atoms with Crippen molar-refractivity contribution in [3.05, 3.63) is 0 Å². The van der Waals surface area contributed by atoms with Gasteiger partial charge in [-0.2, -0.15) is 0 Å². The van der Waals surface area contributed by atoms with E-state index in [1.54, 1.807) is 0 Å². The predicted octanol–water partition coefficient (Wildman–Crippen LogP) is 0.729. The van der Waals surface area contributed by atoms with Gasteiger partial charge < -0.3 is 4.74 Å². The van der Waals surface area contributed by atoms with E-state index in [4.69, 9.17) is 10.6 Å². The van der Waals surface area contributed by atoms with Gasteiger partial charge in [0.25, 0.3) is 0 Å². The van der Waals surface area contributed by atoms with Gasteiger partial charge >= 0.3 is 0 Å². The first kappa shape index (κ1) is 12.3. The zero-order chi connectivity index (χ0) is 11.4. The number of hydrogen-bond acceptors (Lipinski definition) is 4. The zero-order valence-electron chi connectivity index (χ0n) is 10.3. The van der Waals surface area contributed by atoms with E-state index in [9.17, 15) is 0 Å². The van der Waals surface area contributed by atoms with Gasteiger partial charge in [0.2, 0.25) is 0 Å². The minimum absolute atomic E-state index is 0.275. The third-order valence-corrected chi connectivity index (χ3v) is 3.87. The molecule has 4 heteroatoms. The van der Waals surface area contributed by atoms with Crippen LogP contribution in [0.25, 0.3) is 0 Å². The molecular weight excluding hydrogens is 202 g/mol. The summed E-state index contributed by atoms with van der Waals surface area (Å²) >= 11 is 0. The summed E-state index contributed by atoms with van der Waals surface area (Å²) in [7, 11) is 0. The van der Waals surface area contributed by atoms with Crippen molar-refractivity contribution in [2.24, 2.45) is 11.8 Å². The van der Waals surface area contributed by atoms with Crippen LogP contribution in [-0.4, -0.2) is 43.3 Å². The highest BCUT2D eigenvalue weighted by Gasteiger charge is 2.29. The Balaban J connectivity index is 1.76. The maximum atomic E-state index is 5.83. The lowest BCUT2D eigenvalue weighted by Crippen LogP contribution is -2.53. The molecule has 0 bridgehead atoms. The molecule has 2 unspecified atom stereocenters. The average Bonchev–Trinajstić information content (AvgIpc) is 3.14. The van der Waals surface area contributed by atoms with E-state index in [0.717, 1.165) is 38.6 Å². The van der Waals surface area contributed by atoms with Crippen LogP contribution >= 0.6 is 0 Å². The van der Waals surface area contributed by atoms with Gasteiger partial charge in [0.1, 0.15) is 0 Å². The summed E-state index contributed by atoms with van der Waals surface area (Å²) in [6.45, 7) is 6.25. The minimum atomic E-state index is 0.275. The number of nitrogens with two attached hydrogens (primary N) is 1. The van der Waals surface area contributed by atoms with E-state index in [2.05, 4.69) is 17.2 Å². The second-order valence-electron chi connectivity index (χ2n) is 5.10. The van der Waals surface area contributed by atoms with Gasteiger partial charge in [-0.3, -0.25) is 16.2 Å². The van der Waals surface area contributed by atoms with Gasteiger partial charge in [0, 0.05) is 19.1 Å². The number of morpholine rings is 1. The topological polar surface area (TPSA) is 50.5 Å². The number of rotatable bonds is 6. The van der Waals surface area contributed by atoms with E-state index in [1.807, 2.05) is 0 Å². The lowest BCUT2D eigenvalue weighted by Gasteiger charge is -2.36. The molecule has 2 rings (SSSR count). The Morgan fingerprint density at radius 3 is 2.94 bits per heavy atom. The molecule has 16 heavy (non-hydrogen) atoms. The summed E-state index contributed by atoms with van der Waals surface area (Å²) in [5.41, 5.74) is 2.95. The van der Waals surface area contributed by atoms with Crippen LogP contribution in [-0.2, 0) is 4.74 Å². The highest BCUT2D eigenvalue weighted by molar-refractivity contribution is 4.84. The molecule has 2 fully saturated rings. The molecule has 1 aliphatic heterocycles. The first-order chi connectivity index (χ1) is 7.83. The van der Waals surface area contributed by atoms with Crippen molar-refractivity contribution < 1.29 is 4.74 Å². The zero-order valence-corrected chi connectivity index (χ0v) is 10.3. The molecule has 3 N–H and O–H groups in total. The maximum absolute atomic E-state index is 5.83. The third-order valence-electron chi connectivity index (χ3n) is 3.87. The standard InChI is InChI=1S/C12H25N3O/c1-2-15-7-8-16-12(9-15)11(14-13)6-5-10-3-4-10/h10-12,14H,2-9,13H2,1H3. The second kappa shape index (κ2) is 5.96. The van der Waals surface area contributed by atoms with Crippen LogP contribution in [0.3, 0.4) is 0 Å². The number of nitrogens with zero attached hydrogens (tertiary/aromatic N) is 1.